The molecule has 0 bridgehead atoms. The molecule has 0 aliphatic rings. The van der Waals surface area contributed by atoms with Crippen molar-refractivity contribution in [3.05, 3.63) is 88.2 Å². The van der Waals surface area contributed by atoms with Crippen LogP contribution in [0.4, 0.5) is 4.39 Å². The van der Waals surface area contributed by atoms with Gasteiger partial charge in [-0.15, -0.1) is 11.8 Å². The van der Waals surface area contributed by atoms with Crippen LogP contribution in [-0.4, -0.2) is 23.2 Å². The predicted octanol–water partition coefficient (Wildman–Crippen LogP) is 6.80. The first kappa shape index (κ1) is 20.8. The summed E-state index contributed by atoms with van der Waals surface area (Å²) in [5.74, 6) is -0.537. The summed E-state index contributed by atoms with van der Waals surface area (Å²) in [7, 11) is 0. The molecule has 4 rings (SSSR count). The Balaban J connectivity index is 1.51. The highest BCUT2D eigenvalue weighted by Crippen LogP contribution is 2.37. The van der Waals surface area contributed by atoms with Gasteiger partial charge in [0.25, 0.3) is 5.91 Å². The maximum absolute atomic E-state index is 13.9. The van der Waals surface area contributed by atoms with Crippen molar-refractivity contribution in [3.8, 4) is 11.3 Å². The molecule has 30 heavy (non-hydrogen) atoms. The van der Waals surface area contributed by atoms with Crippen molar-refractivity contribution in [2.24, 2.45) is 0 Å². The summed E-state index contributed by atoms with van der Waals surface area (Å²) < 4.78 is 13.9. The number of carbonyl (C=O) groups excluding carboxylic acids is 1. The topological polar surface area (TPSA) is 44.9 Å². The molecule has 1 aromatic heterocycles. The largest absolute Gasteiger partial charge is 0.354 e. The lowest BCUT2D eigenvalue weighted by Crippen LogP contribution is -2.26. The van der Waals surface area contributed by atoms with Gasteiger partial charge < -0.3 is 10.3 Å². The number of hydrogen-bond acceptors (Lipinski definition) is 2. The fourth-order valence-electron chi connectivity index (χ4n) is 3.21. The van der Waals surface area contributed by atoms with Crippen LogP contribution in [0.5, 0.6) is 0 Å². The van der Waals surface area contributed by atoms with Crippen molar-refractivity contribution >= 4 is 51.8 Å². The lowest BCUT2D eigenvalue weighted by atomic mass is 10.1. The van der Waals surface area contributed by atoms with Crippen molar-refractivity contribution < 1.29 is 9.18 Å². The minimum absolute atomic E-state index is 0.0989. The number of H-pyrrole nitrogens is 1. The van der Waals surface area contributed by atoms with E-state index in [1.165, 1.54) is 18.2 Å². The van der Waals surface area contributed by atoms with Crippen LogP contribution in [0.3, 0.4) is 0 Å². The smallest absolute Gasteiger partial charge is 0.255 e. The molecule has 0 unspecified atom stereocenters. The molecule has 152 valence electrons. The van der Waals surface area contributed by atoms with Crippen LogP contribution in [-0.2, 0) is 0 Å². The van der Waals surface area contributed by atoms with E-state index in [0.29, 0.717) is 17.3 Å². The Morgan fingerprint density at radius 2 is 1.77 bits per heavy atom. The van der Waals surface area contributed by atoms with Crippen molar-refractivity contribution in [2.45, 2.75) is 4.90 Å². The van der Waals surface area contributed by atoms with E-state index >= 15 is 0 Å². The first-order valence-electron chi connectivity index (χ1n) is 9.26. The van der Waals surface area contributed by atoms with Crippen LogP contribution in [0.1, 0.15) is 10.4 Å². The molecule has 1 amide bonds. The van der Waals surface area contributed by atoms with Gasteiger partial charge >= 0.3 is 0 Å². The van der Waals surface area contributed by atoms with Crippen molar-refractivity contribution in [1.82, 2.24) is 10.3 Å². The zero-order chi connectivity index (χ0) is 21.1. The maximum Gasteiger partial charge on any atom is 0.255 e. The number of thioether (sulfide) groups is 1. The Morgan fingerprint density at radius 1 is 1.00 bits per heavy atom. The van der Waals surface area contributed by atoms with Gasteiger partial charge in [0.15, 0.2) is 0 Å². The molecule has 3 aromatic carbocycles. The van der Waals surface area contributed by atoms with Gasteiger partial charge in [-0.1, -0.05) is 59.6 Å². The Hall–Kier alpha value is -2.47. The minimum Gasteiger partial charge on any atom is -0.354 e. The maximum atomic E-state index is 13.9. The molecule has 2 N–H and O–H groups in total. The summed E-state index contributed by atoms with van der Waals surface area (Å²) in [6.45, 7) is 0.369. The lowest BCUT2D eigenvalue weighted by molar-refractivity contribution is 0.0952. The number of fused-ring (bicyclic) bond motifs is 1. The van der Waals surface area contributed by atoms with Gasteiger partial charge in [-0.2, -0.15) is 0 Å². The number of aromatic amines is 1. The molecule has 0 saturated carbocycles. The van der Waals surface area contributed by atoms with E-state index in [0.717, 1.165) is 27.1 Å². The average molecular weight is 459 g/mol. The summed E-state index contributed by atoms with van der Waals surface area (Å²) in [4.78, 5) is 16.9. The molecule has 1 heterocycles. The second-order valence-corrected chi connectivity index (χ2v) is 8.53. The van der Waals surface area contributed by atoms with E-state index in [9.17, 15) is 9.18 Å². The summed E-state index contributed by atoms with van der Waals surface area (Å²) in [5.41, 5.74) is 2.94. The number of nitrogens with one attached hydrogen (secondary N) is 2. The van der Waals surface area contributed by atoms with E-state index in [4.69, 9.17) is 23.2 Å². The fraction of sp³-hybridized carbons (Fsp3) is 0.0870. The number of rotatable bonds is 6. The molecular formula is C23H17Cl2FN2OS. The molecule has 0 radical (unpaired) electrons. The monoisotopic (exact) mass is 458 g/mol. The minimum atomic E-state index is -0.630. The molecular weight excluding hydrogens is 442 g/mol. The summed E-state index contributed by atoms with van der Waals surface area (Å²) in [6, 6.07) is 19.9. The van der Waals surface area contributed by atoms with Crippen LogP contribution in [0.2, 0.25) is 10.0 Å². The number of amides is 1. The normalized spacial score (nSPS) is 11.0. The van der Waals surface area contributed by atoms with Crippen LogP contribution < -0.4 is 5.32 Å². The third-order valence-electron chi connectivity index (χ3n) is 4.62. The van der Waals surface area contributed by atoms with Gasteiger partial charge in [-0.25, -0.2) is 4.39 Å². The number of aromatic nitrogens is 1. The molecule has 7 heteroatoms. The van der Waals surface area contributed by atoms with Gasteiger partial charge in [-0.3, -0.25) is 4.79 Å². The predicted molar refractivity (Wildman–Crippen MR) is 123 cm³/mol. The van der Waals surface area contributed by atoms with Gasteiger partial charge in [0, 0.05) is 33.1 Å². The SMILES string of the molecule is O=C(NCCSc1c(-c2ccc(Cl)cc2)[nH]c2ccccc12)c1c(F)cccc1Cl. The van der Waals surface area contributed by atoms with Crippen LogP contribution in [0.15, 0.2) is 71.6 Å². The quantitative estimate of drug-likeness (QED) is 0.246. The van der Waals surface area contributed by atoms with Crippen molar-refractivity contribution in [3.63, 3.8) is 0 Å². The molecule has 0 fully saturated rings. The molecule has 0 spiro atoms. The van der Waals surface area contributed by atoms with E-state index < -0.39 is 11.7 Å². The standard InChI is InChI=1S/C23H17Cl2FN2OS/c24-15-10-8-14(9-11-15)21-22(16-4-1-2-7-19(16)28-21)30-13-12-27-23(29)20-17(25)5-3-6-18(20)26/h1-11,28H,12-13H2,(H,27,29). The Labute approximate surface area is 187 Å². The zero-order valence-electron chi connectivity index (χ0n) is 15.7. The molecule has 0 aliphatic heterocycles. The van der Waals surface area contributed by atoms with Gasteiger partial charge in [0.1, 0.15) is 5.82 Å². The zero-order valence-corrected chi connectivity index (χ0v) is 18.0. The van der Waals surface area contributed by atoms with Gasteiger partial charge in [-0.05, 0) is 35.9 Å². The number of carbonyl (C=O) groups is 1. The molecule has 4 aromatic rings. The molecule has 0 aliphatic carbocycles. The number of para-hydroxylation sites is 1. The van der Waals surface area contributed by atoms with Crippen molar-refractivity contribution in [1.29, 1.82) is 0 Å². The fourth-order valence-corrected chi connectivity index (χ4v) is 4.64. The summed E-state index contributed by atoms with van der Waals surface area (Å²) in [5, 5.41) is 4.63. The first-order valence-corrected chi connectivity index (χ1v) is 11.0. The third-order valence-corrected chi connectivity index (χ3v) is 6.30. The number of halogens is 3. The van der Waals surface area contributed by atoms with Gasteiger partial charge in [0.2, 0.25) is 0 Å². The lowest BCUT2D eigenvalue weighted by Gasteiger charge is -2.09. The van der Waals surface area contributed by atoms with E-state index in [1.54, 1.807) is 11.8 Å². The van der Waals surface area contributed by atoms with Crippen LogP contribution >= 0.6 is 35.0 Å². The first-order chi connectivity index (χ1) is 14.5. The van der Waals surface area contributed by atoms with Crippen molar-refractivity contribution in [2.75, 3.05) is 12.3 Å². The average Bonchev–Trinajstić information content (AvgIpc) is 3.10. The Kier molecular flexibility index (Phi) is 6.32. The van der Waals surface area contributed by atoms with E-state index in [2.05, 4.69) is 16.4 Å². The second kappa shape index (κ2) is 9.13. The van der Waals surface area contributed by atoms with Crippen LogP contribution in [0, 0.1) is 5.82 Å². The van der Waals surface area contributed by atoms with E-state index in [-0.39, 0.29) is 10.6 Å². The number of benzene rings is 3. The molecule has 0 saturated heterocycles. The summed E-state index contributed by atoms with van der Waals surface area (Å²) >= 11 is 13.6. The summed E-state index contributed by atoms with van der Waals surface area (Å²) in [6.07, 6.45) is 0. The second-order valence-electron chi connectivity index (χ2n) is 6.58. The molecule has 3 nitrogen and oxygen atoms in total. The third kappa shape index (κ3) is 4.33. The van der Waals surface area contributed by atoms with Crippen LogP contribution in [0.25, 0.3) is 22.2 Å². The Bertz CT molecular complexity index is 1190. The van der Waals surface area contributed by atoms with Gasteiger partial charge in [0.05, 0.1) is 16.3 Å². The van der Waals surface area contributed by atoms with E-state index in [1.807, 2.05) is 42.5 Å². The molecule has 0 atom stereocenters. The highest BCUT2D eigenvalue weighted by atomic mass is 35.5. The number of hydrogen-bond donors (Lipinski definition) is 2. The highest BCUT2D eigenvalue weighted by Gasteiger charge is 2.16. The highest BCUT2D eigenvalue weighted by molar-refractivity contribution is 7.99. The Morgan fingerprint density at radius 3 is 2.53 bits per heavy atom.